The highest BCUT2D eigenvalue weighted by molar-refractivity contribution is 5.51. The van der Waals surface area contributed by atoms with Crippen LogP contribution in [0.15, 0.2) is 12.1 Å². The highest BCUT2D eigenvalue weighted by Gasteiger charge is 2.25. The maximum Gasteiger partial charge on any atom is 0.149 e. The third-order valence-electron chi connectivity index (χ3n) is 2.04. The summed E-state index contributed by atoms with van der Waals surface area (Å²) in [6.45, 7) is 0.998. The largest absolute Gasteiger partial charge is 0.396 e. The first-order valence-corrected chi connectivity index (χ1v) is 4.03. The fourth-order valence-corrected chi connectivity index (χ4v) is 1.14. The van der Waals surface area contributed by atoms with Crippen LogP contribution >= 0.6 is 0 Å². The molecule has 3 nitrogen and oxygen atoms in total. The molecule has 0 aliphatic rings. The number of rotatable bonds is 2. The van der Waals surface area contributed by atoms with Gasteiger partial charge in [0.2, 0.25) is 0 Å². The van der Waals surface area contributed by atoms with Crippen molar-refractivity contribution in [2.75, 3.05) is 12.3 Å². The van der Waals surface area contributed by atoms with E-state index in [4.69, 9.17) is 16.6 Å². The van der Waals surface area contributed by atoms with Gasteiger partial charge in [-0.2, -0.15) is 0 Å². The number of benzene rings is 1. The van der Waals surface area contributed by atoms with E-state index in [1.807, 2.05) is 0 Å². The molecule has 1 aromatic rings. The quantitative estimate of drug-likeness (QED) is 0.618. The minimum Gasteiger partial charge on any atom is -0.396 e. The fourth-order valence-electron chi connectivity index (χ4n) is 1.14. The molecule has 78 valence electrons. The van der Waals surface area contributed by atoms with Crippen molar-refractivity contribution in [3.8, 4) is 0 Å². The molecule has 0 saturated carbocycles. The summed E-state index contributed by atoms with van der Waals surface area (Å²) >= 11 is 0. The molecule has 0 radical (unpaired) electrons. The second kappa shape index (κ2) is 3.51. The predicted octanol–water partition coefficient (Wildman–Crippen LogP) is 0.713. The Balaban J connectivity index is 3.34. The van der Waals surface area contributed by atoms with Crippen molar-refractivity contribution in [2.24, 2.45) is 5.73 Å². The molecule has 0 bridgehead atoms. The van der Waals surface area contributed by atoms with Gasteiger partial charge >= 0.3 is 0 Å². The number of nitrogen functional groups attached to an aromatic ring is 1. The van der Waals surface area contributed by atoms with Crippen LogP contribution in [0.2, 0.25) is 0 Å². The Morgan fingerprint density at radius 2 is 2.00 bits per heavy atom. The van der Waals surface area contributed by atoms with E-state index >= 15 is 0 Å². The summed E-state index contributed by atoms with van der Waals surface area (Å²) in [6, 6.07) is 1.70. The zero-order chi connectivity index (χ0) is 10.9. The Morgan fingerprint density at radius 1 is 1.43 bits per heavy atom. The summed E-state index contributed by atoms with van der Waals surface area (Å²) in [7, 11) is 0. The van der Waals surface area contributed by atoms with Gasteiger partial charge in [0.05, 0.1) is 17.8 Å². The Labute approximate surface area is 80.3 Å². The Hall–Kier alpha value is -1.20. The third kappa shape index (κ3) is 1.83. The number of aliphatic hydroxyl groups is 1. The summed E-state index contributed by atoms with van der Waals surface area (Å²) in [5.74, 6) is -1.64. The van der Waals surface area contributed by atoms with E-state index in [0.29, 0.717) is 6.07 Å². The summed E-state index contributed by atoms with van der Waals surface area (Å²) in [4.78, 5) is 0. The minimum atomic E-state index is -1.24. The Bertz CT molecular complexity index is 353. The molecule has 0 unspecified atom stereocenters. The zero-order valence-electron chi connectivity index (χ0n) is 7.72. The van der Waals surface area contributed by atoms with E-state index in [-0.39, 0.29) is 11.3 Å². The normalized spacial score (nSPS) is 15.2. The van der Waals surface area contributed by atoms with Gasteiger partial charge in [0.1, 0.15) is 11.6 Å². The molecule has 1 rings (SSSR count). The van der Waals surface area contributed by atoms with Crippen LogP contribution < -0.4 is 11.5 Å². The van der Waals surface area contributed by atoms with Crippen molar-refractivity contribution in [1.29, 1.82) is 0 Å². The van der Waals surface area contributed by atoms with Gasteiger partial charge in [0, 0.05) is 11.6 Å². The highest BCUT2D eigenvalue weighted by atomic mass is 19.1. The average Bonchev–Trinajstić information content (AvgIpc) is 2.11. The van der Waals surface area contributed by atoms with Crippen LogP contribution in [0.5, 0.6) is 0 Å². The third-order valence-corrected chi connectivity index (χ3v) is 2.04. The van der Waals surface area contributed by atoms with Crippen LogP contribution in [0.25, 0.3) is 0 Å². The van der Waals surface area contributed by atoms with Crippen LogP contribution in [0.4, 0.5) is 14.5 Å². The predicted molar refractivity (Wildman–Crippen MR) is 49.4 cm³/mol. The van der Waals surface area contributed by atoms with Gasteiger partial charge < -0.3 is 16.6 Å². The van der Waals surface area contributed by atoms with Crippen molar-refractivity contribution < 1.29 is 13.9 Å². The van der Waals surface area contributed by atoms with Crippen molar-refractivity contribution in [3.63, 3.8) is 0 Å². The number of nitrogens with two attached hydrogens (primary N) is 2. The summed E-state index contributed by atoms with van der Waals surface area (Å²) < 4.78 is 25.8. The van der Waals surface area contributed by atoms with Crippen molar-refractivity contribution in [1.82, 2.24) is 0 Å². The monoisotopic (exact) mass is 202 g/mol. The molecule has 0 saturated heterocycles. The molecule has 0 amide bonds. The van der Waals surface area contributed by atoms with Crippen molar-refractivity contribution in [2.45, 2.75) is 12.5 Å². The molecule has 14 heavy (non-hydrogen) atoms. The minimum absolute atomic E-state index is 0.0671. The summed E-state index contributed by atoms with van der Waals surface area (Å²) in [5.41, 5.74) is 9.59. The topological polar surface area (TPSA) is 72.3 Å². The van der Waals surface area contributed by atoms with Crippen LogP contribution in [-0.2, 0) is 5.54 Å². The lowest BCUT2D eigenvalue weighted by molar-refractivity contribution is 0.210. The number of anilines is 1. The lowest BCUT2D eigenvalue weighted by Crippen LogP contribution is -2.38. The van der Waals surface area contributed by atoms with Crippen LogP contribution in [0.1, 0.15) is 12.5 Å². The lowest BCUT2D eigenvalue weighted by atomic mass is 9.92. The molecule has 5 heteroatoms. The van der Waals surface area contributed by atoms with Crippen LogP contribution in [0.3, 0.4) is 0 Å². The van der Waals surface area contributed by atoms with Gasteiger partial charge in [0.25, 0.3) is 0 Å². The van der Waals surface area contributed by atoms with Crippen molar-refractivity contribution in [3.05, 3.63) is 29.3 Å². The van der Waals surface area contributed by atoms with Gasteiger partial charge in [-0.05, 0) is 13.0 Å². The highest BCUT2D eigenvalue weighted by Crippen LogP contribution is 2.26. The standard InChI is InChI=1S/C9H12F2N2O/c1-9(13,4-14)6-2-5(10)3-7(11)8(6)12/h2-3,14H,4,12-13H2,1H3/t9-/m1/s1. The molecule has 1 aromatic carbocycles. The Morgan fingerprint density at radius 3 is 2.50 bits per heavy atom. The van der Waals surface area contributed by atoms with Gasteiger partial charge in [0.15, 0.2) is 0 Å². The molecule has 0 aliphatic carbocycles. The average molecular weight is 202 g/mol. The Kier molecular flexibility index (Phi) is 2.73. The second-order valence-corrected chi connectivity index (χ2v) is 3.42. The first-order chi connectivity index (χ1) is 6.38. The maximum atomic E-state index is 13.0. The number of hydrogen-bond donors (Lipinski definition) is 3. The summed E-state index contributed by atoms with van der Waals surface area (Å²) in [6.07, 6.45) is 0. The van der Waals surface area contributed by atoms with E-state index in [1.54, 1.807) is 0 Å². The molecule has 5 N–H and O–H groups in total. The fraction of sp³-hybridized carbons (Fsp3) is 0.333. The van der Waals surface area contributed by atoms with Crippen LogP contribution in [0, 0.1) is 11.6 Å². The van der Waals surface area contributed by atoms with Gasteiger partial charge in [-0.1, -0.05) is 0 Å². The van der Waals surface area contributed by atoms with E-state index in [1.165, 1.54) is 6.92 Å². The molecule has 0 aliphatic heterocycles. The second-order valence-electron chi connectivity index (χ2n) is 3.42. The number of halogens is 2. The molecule has 0 aromatic heterocycles. The smallest absolute Gasteiger partial charge is 0.149 e. The molecule has 0 spiro atoms. The van der Waals surface area contributed by atoms with Gasteiger partial charge in [-0.15, -0.1) is 0 Å². The number of aliphatic hydroxyl groups excluding tert-OH is 1. The van der Waals surface area contributed by atoms with Gasteiger partial charge in [-0.25, -0.2) is 8.78 Å². The molecule has 0 heterocycles. The van der Waals surface area contributed by atoms with E-state index in [0.717, 1.165) is 6.07 Å². The van der Waals surface area contributed by atoms with Crippen molar-refractivity contribution >= 4 is 5.69 Å². The molecular weight excluding hydrogens is 190 g/mol. The first kappa shape index (κ1) is 10.9. The molecule has 0 fully saturated rings. The van der Waals surface area contributed by atoms with Crippen LogP contribution in [-0.4, -0.2) is 11.7 Å². The molecule has 1 atom stereocenters. The zero-order valence-corrected chi connectivity index (χ0v) is 7.72. The molecular formula is C9H12F2N2O. The van der Waals surface area contributed by atoms with E-state index in [9.17, 15) is 8.78 Å². The SMILES string of the molecule is C[C@@](N)(CO)c1cc(F)cc(F)c1N. The van der Waals surface area contributed by atoms with E-state index < -0.39 is 23.8 Å². The van der Waals surface area contributed by atoms with Gasteiger partial charge in [-0.3, -0.25) is 0 Å². The lowest BCUT2D eigenvalue weighted by Gasteiger charge is -2.24. The number of hydrogen-bond acceptors (Lipinski definition) is 3. The summed E-state index contributed by atoms with van der Waals surface area (Å²) in [5, 5.41) is 8.93. The maximum absolute atomic E-state index is 13.0. The first-order valence-electron chi connectivity index (χ1n) is 4.03. The van der Waals surface area contributed by atoms with E-state index in [2.05, 4.69) is 0 Å².